The highest BCUT2D eigenvalue weighted by Gasteiger charge is 2.31. The highest BCUT2D eigenvalue weighted by molar-refractivity contribution is 6.73. The second-order valence-electron chi connectivity index (χ2n) is 1.90. The minimum absolute atomic E-state index is 0.295. The molecule has 0 aromatic heterocycles. The first-order valence-corrected chi connectivity index (χ1v) is 2.81. The van der Waals surface area contributed by atoms with Crippen molar-refractivity contribution in [1.29, 1.82) is 0 Å². The fraction of sp³-hybridized carbons (Fsp3) is 1.00. The average Bonchev–Trinajstić information content (AvgIpc) is 1.88. The maximum absolute atomic E-state index is 10.2. The Morgan fingerprint density at radius 3 is 2.90 bits per heavy atom. The van der Waals surface area contributed by atoms with Gasteiger partial charge < -0.3 is 10.3 Å². The van der Waals surface area contributed by atoms with Crippen molar-refractivity contribution in [3.8, 4) is 0 Å². The summed E-state index contributed by atoms with van der Waals surface area (Å²) in [5.74, 6) is 0. The van der Waals surface area contributed by atoms with Gasteiger partial charge >= 0.3 is 14.5 Å². The van der Waals surface area contributed by atoms with Crippen LogP contribution in [0.25, 0.3) is 0 Å². The van der Waals surface area contributed by atoms with Crippen LogP contribution in [0.15, 0.2) is 0 Å². The van der Waals surface area contributed by atoms with Gasteiger partial charge in [-0.05, 0) is 6.82 Å². The summed E-state index contributed by atoms with van der Waals surface area (Å²) in [4.78, 5) is 11.1. The maximum atomic E-state index is 10.2. The lowest BCUT2D eigenvalue weighted by atomic mass is 9.66. The van der Waals surface area contributed by atoms with Crippen molar-refractivity contribution >= 4 is 22.1 Å². The highest BCUT2D eigenvalue weighted by atomic mass is 16.7. The first-order valence-electron chi connectivity index (χ1n) is 2.81. The third kappa shape index (κ3) is 1.42. The Bertz CT molecular complexity index is 142. The molecule has 0 spiro atoms. The van der Waals surface area contributed by atoms with Crippen molar-refractivity contribution < 1.29 is 5.03 Å². The number of nitrogens with one attached hydrogen (secondary N) is 2. The zero-order valence-corrected chi connectivity index (χ0v) is 5.44. The Kier molecular flexibility index (Phi) is 2.18. The minimum atomic E-state index is -0.488. The van der Waals surface area contributed by atoms with Gasteiger partial charge in [-0.15, -0.1) is 0 Å². The van der Waals surface area contributed by atoms with Crippen LogP contribution in [0.4, 0.5) is 0 Å². The van der Waals surface area contributed by atoms with E-state index in [9.17, 15) is 10.1 Å². The summed E-state index contributed by atoms with van der Waals surface area (Å²) < 4.78 is 0. The smallest absolute Gasteiger partial charge is 0.369 e. The van der Waals surface area contributed by atoms with E-state index in [-0.39, 0.29) is 6.98 Å². The summed E-state index contributed by atoms with van der Waals surface area (Å²) in [6, 6.07) is 0. The van der Waals surface area contributed by atoms with Gasteiger partial charge in [0.2, 0.25) is 0 Å². The van der Waals surface area contributed by atoms with E-state index in [1.807, 2.05) is 0 Å². The topological polar surface area (TPSA) is 70.4 Å². The molecular weight excluding hydrogens is 132 g/mol. The average molecular weight is 138 g/mol. The number of rotatable bonds is 1. The van der Waals surface area contributed by atoms with E-state index < -0.39 is 5.03 Å². The van der Waals surface area contributed by atoms with Crippen LogP contribution in [0.5, 0.6) is 0 Å². The lowest BCUT2D eigenvalue weighted by Gasteiger charge is -2.23. The third-order valence-electron chi connectivity index (χ3n) is 1.20. The molecule has 1 saturated heterocycles. The Labute approximate surface area is 60.1 Å². The minimum Gasteiger partial charge on any atom is -0.369 e. The number of hydrogen-bond donors (Lipinski definition) is 2. The molecule has 1 aliphatic heterocycles. The fourth-order valence-electron chi connectivity index (χ4n) is 0.659. The van der Waals surface area contributed by atoms with E-state index in [1.54, 1.807) is 14.4 Å². The van der Waals surface area contributed by atoms with Crippen molar-refractivity contribution in [2.45, 2.75) is 6.82 Å². The molecule has 9 heteroatoms. The lowest BCUT2D eigenvalue weighted by molar-refractivity contribution is -0.596. The molecule has 50 valence electrons. The molecule has 1 aliphatic rings. The van der Waals surface area contributed by atoms with Gasteiger partial charge in [0.25, 0.3) is 7.55 Å². The van der Waals surface area contributed by atoms with Crippen molar-refractivity contribution in [3.05, 3.63) is 10.1 Å². The van der Waals surface area contributed by atoms with Crippen LogP contribution in [0.2, 0.25) is 6.82 Å². The zero-order valence-electron chi connectivity index (χ0n) is 5.44. The first-order chi connectivity index (χ1) is 4.72. The Morgan fingerprint density at radius 2 is 2.50 bits per heavy atom. The molecule has 0 aromatic carbocycles. The van der Waals surface area contributed by atoms with E-state index in [0.29, 0.717) is 0 Å². The summed E-state index contributed by atoms with van der Waals surface area (Å²) in [5, 5.41) is 15.0. The number of nitrogens with zero attached hydrogens (tertiary/aromatic N) is 2. The van der Waals surface area contributed by atoms with Crippen LogP contribution in [-0.2, 0) is 0 Å². The third-order valence-corrected chi connectivity index (χ3v) is 1.20. The highest BCUT2D eigenvalue weighted by Crippen LogP contribution is 1.89. The predicted octanol–water partition coefficient (Wildman–Crippen LogP) is -2.14. The van der Waals surface area contributed by atoms with Gasteiger partial charge in [-0.25, -0.2) is 10.1 Å². The van der Waals surface area contributed by atoms with E-state index in [2.05, 4.69) is 10.3 Å². The van der Waals surface area contributed by atoms with Gasteiger partial charge in [-0.1, -0.05) is 0 Å². The maximum Gasteiger partial charge on any atom is 0.401 e. The number of hydrogen-bond acceptors (Lipinski definition) is 4. The van der Waals surface area contributed by atoms with E-state index >= 15 is 0 Å². The normalized spacial score (nSPS) is 17.7. The van der Waals surface area contributed by atoms with Gasteiger partial charge in [-0.3, -0.25) is 0 Å². The Morgan fingerprint density at radius 1 is 1.80 bits per heavy atom. The van der Waals surface area contributed by atoms with Crippen LogP contribution in [-0.4, -0.2) is 31.9 Å². The molecular formula is CH5B3N4O2. The summed E-state index contributed by atoms with van der Waals surface area (Å²) in [6.45, 7) is 1.40. The SMILES string of the molecule is CB1N[B]N[B]N1[N+](=O)[O-]. The van der Waals surface area contributed by atoms with Gasteiger partial charge in [-0.2, -0.15) is 4.83 Å². The van der Waals surface area contributed by atoms with Gasteiger partial charge in [0, 0.05) is 0 Å². The molecule has 1 heterocycles. The summed E-state index contributed by atoms with van der Waals surface area (Å²) in [5.41, 5.74) is 0. The van der Waals surface area contributed by atoms with Gasteiger partial charge in [0.1, 0.15) is 5.03 Å². The van der Waals surface area contributed by atoms with Crippen LogP contribution >= 0.6 is 0 Å². The molecule has 0 aromatic rings. The number of hydrazine groups is 1. The Balaban J connectivity index is 2.47. The van der Waals surface area contributed by atoms with E-state index in [1.165, 1.54) is 7.55 Å². The zero-order chi connectivity index (χ0) is 7.56. The molecule has 0 bridgehead atoms. The molecule has 0 unspecified atom stereocenters. The summed E-state index contributed by atoms with van der Waals surface area (Å²) in [6.07, 6.45) is 0. The monoisotopic (exact) mass is 138 g/mol. The van der Waals surface area contributed by atoms with Crippen molar-refractivity contribution in [1.82, 2.24) is 15.1 Å². The summed E-state index contributed by atoms with van der Waals surface area (Å²) in [7, 11) is 2.84. The molecule has 10 heavy (non-hydrogen) atoms. The second-order valence-corrected chi connectivity index (χ2v) is 1.90. The van der Waals surface area contributed by atoms with E-state index in [4.69, 9.17) is 0 Å². The molecule has 0 amide bonds. The molecule has 6 nitrogen and oxygen atoms in total. The largest absolute Gasteiger partial charge is 0.401 e. The second kappa shape index (κ2) is 2.93. The summed E-state index contributed by atoms with van der Waals surface area (Å²) >= 11 is 0. The quantitative estimate of drug-likeness (QED) is 0.245. The molecule has 0 aliphatic carbocycles. The van der Waals surface area contributed by atoms with Crippen molar-refractivity contribution in [3.63, 3.8) is 0 Å². The predicted molar refractivity (Wildman–Crippen MR) is 38.2 cm³/mol. The standard InChI is InChI=1S/CH5B3N4O2/c1-4-6-2-5-3-7(4)8(9)10/h5-6H,1H3. The Hall–Kier alpha value is -0.685. The van der Waals surface area contributed by atoms with Gasteiger partial charge in [0.15, 0.2) is 0 Å². The fourth-order valence-corrected chi connectivity index (χ4v) is 0.659. The number of nitro groups is 1. The lowest BCUT2D eigenvalue weighted by Crippen LogP contribution is -2.65. The molecule has 2 radical (unpaired) electrons. The van der Waals surface area contributed by atoms with Crippen LogP contribution < -0.4 is 10.3 Å². The van der Waals surface area contributed by atoms with Crippen LogP contribution in [0.1, 0.15) is 0 Å². The van der Waals surface area contributed by atoms with E-state index in [0.717, 1.165) is 4.83 Å². The first kappa shape index (κ1) is 7.42. The molecule has 0 saturated carbocycles. The van der Waals surface area contributed by atoms with Gasteiger partial charge in [0.05, 0.1) is 0 Å². The van der Waals surface area contributed by atoms with Crippen LogP contribution in [0, 0.1) is 10.1 Å². The van der Waals surface area contributed by atoms with Crippen LogP contribution in [0.3, 0.4) is 0 Å². The van der Waals surface area contributed by atoms with Crippen molar-refractivity contribution in [2.24, 2.45) is 0 Å². The molecule has 0 atom stereocenters. The molecule has 2 N–H and O–H groups in total. The molecule has 1 rings (SSSR count). The molecule has 1 fully saturated rings. The van der Waals surface area contributed by atoms with Crippen molar-refractivity contribution in [2.75, 3.05) is 0 Å².